The highest BCUT2D eigenvalue weighted by Gasteiger charge is 2.12. The summed E-state index contributed by atoms with van der Waals surface area (Å²) in [6.45, 7) is 0. The number of benzene rings is 1. The van der Waals surface area contributed by atoms with E-state index in [9.17, 15) is 10.1 Å². The maximum absolute atomic E-state index is 12.4. The zero-order valence-corrected chi connectivity index (χ0v) is 15.9. The summed E-state index contributed by atoms with van der Waals surface area (Å²) in [5.74, 6) is -0.0250. The van der Waals surface area contributed by atoms with Crippen LogP contribution in [0.15, 0.2) is 46.0 Å². The van der Waals surface area contributed by atoms with Gasteiger partial charge in [0.15, 0.2) is 0 Å². The molecule has 26 heavy (non-hydrogen) atoms. The molecule has 3 aromatic rings. The smallest absolute Gasteiger partial charge is 0.266 e. The number of carbonyl (C=O) groups is 1. The van der Waals surface area contributed by atoms with Crippen LogP contribution in [0.3, 0.4) is 0 Å². The number of nitrogens with one attached hydrogen (secondary N) is 1. The number of methoxy groups -OCH3 is 1. The molecule has 0 aliphatic heterocycles. The molecule has 0 saturated carbocycles. The largest absolute Gasteiger partial charge is 0.495 e. The van der Waals surface area contributed by atoms with E-state index < -0.39 is 5.91 Å². The number of hydrogen-bond donors (Lipinski definition) is 1. The number of nitrogens with zero attached hydrogens (tertiary/aromatic N) is 2. The predicted molar refractivity (Wildman–Crippen MR) is 106 cm³/mol. The van der Waals surface area contributed by atoms with Crippen LogP contribution >= 0.6 is 34.3 Å². The third-order valence-electron chi connectivity index (χ3n) is 3.36. The number of ether oxygens (including phenoxy) is 1. The third kappa shape index (κ3) is 4.11. The third-order valence-corrected chi connectivity index (χ3v) is 5.25. The number of thiophene rings is 1. The Morgan fingerprint density at radius 1 is 1.38 bits per heavy atom. The van der Waals surface area contributed by atoms with Gasteiger partial charge in [-0.2, -0.15) is 16.6 Å². The van der Waals surface area contributed by atoms with Gasteiger partial charge in [0.25, 0.3) is 5.91 Å². The highest BCUT2D eigenvalue weighted by atomic mass is 35.5. The Kier molecular flexibility index (Phi) is 5.68. The van der Waals surface area contributed by atoms with Gasteiger partial charge in [-0.1, -0.05) is 11.6 Å². The highest BCUT2D eigenvalue weighted by Crippen LogP contribution is 2.28. The fraction of sp³-hybridized carbons (Fsp3) is 0.0556. The summed E-state index contributed by atoms with van der Waals surface area (Å²) in [7, 11) is 1.51. The normalized spacial score (nSPS) is 11.0. The molecule has 2 aromatic heterocycles. The van der Waals surface area contributed by atoms with Crippen LogP contribution in [-0.2, 0) is 4.79 Å². The summed E-state index contributed by atoms with van der Waals surface area (Å²) < 4.78 is 5.07. The van der Waals surface area contributed by atoms with Crippen LogP contribution in [0.25, 0.3) is 16.6 Å². The number of amides is 1. The van der Waals surface area contributed by atoms with Crippen molar-refractivity contribution in [3.05, 3.63) is 56.7 Å². The van der Waals surface area contributed by atoms with Crippen molar-refractivity contribution in [1.82, 2.24) is 4.98 Å². The first-order chi connectivity index (χ1) is 12.6. The molecule has 0 unspecified atom stereocenters. The molecule has 2 heterocycles. The van der Waals surface area contributed by atoms with Gasteiger partial charge in [0, 0.05) is 22.0 Å². The van der Waals surface area contributed by atoms with Crippen LogP contribution in [0.4, 0.5) is 5.69 Å². The minimum Gasteiger partial charge on any atom is -0.495 e. The molecule has 0 radical (unpaired) electrons. The Bertz CT molecular complexity index is 1000. The lowest BCUT2D eigenvalue weighted by molar-refractivity contribution is -0.112. The Hall–Kier alpha value is -2.66. The van der Waals surface area contributed by atoms with Crippen molar-refractivity contribution in [2.24, 2.45) is 0 Å². The number of nitriles is 1. The monoisotopic (exact) mass is 401 g/mol. The fourth-order valence-corrected chi connectivity index (χ4v) is 3.86. The molecule has 130 valence electrons. The number of anilines is 1. The topological polar surface area (TPSA) is 75.0 Å². The number of carbonyl (C=O) groups excluding carboxylic acids is 1. The minimum absolute atomic E-state index is 0.0425. The van der Waals surface area contributed by atoms with Gasteiger partial charge in [-0.3, -0.25) is 4.79 Å². The van der Waals surface area contributed by atoms with Crippen molar-refractivity contribution in [2.75, 3.05) is 12.4 Å². The molecule has 0 saturated heterocycles. The first-order valence-electron chi connectivity index (χ1n) is 7.35. The van der Waals surface area contributed by atoms with E-state index in [0.717, 1.165) is 10.6 Å². The molecule has 1 aromatic carbocycles. The van der Waals surface area contributed by atoms with Gasteiger partial charge in [-0.05, 0) is 35.7 Å². The van der Waals surface area contributed by atoms with Crippen LogP contribution in [0.2, 0.25) is 5.02 Å². The van der Waals surface area contributed by atoms with Crippen LogP contribution in [0.1, 0.15) is 5.69 Å². The van der Waals surface area contributed by atoms with E-state index in [2.05, 4.69) is 10.3 Å². The van der Waals surface area contributed by atoms with Gasteiger partial charge in [-0.25, -0.2) is 4.98 Å². The molecule has 0 spiro atoms. The Morgan fingerprint density at radius 3 is 2.88 bits per heavy atom. The predicted octanol–water partition coefficient (Wildman–Crippen LogP) is 5.08. The molecule has 0 bridgehead atoms. The highest BCUT2D eigenvalue weighted by molar-refractivity contribution is 7.14. The van der Waals surface area contributed by atoms with Crippen molar-refractivity contribution in [1.29, 1.82) is 5.26 Å². The van der Waals surface area contributed by atoms with Crippen LogP contribution in [-0.4, -0.2) is 18.0 Å². The first kappa shape index (κ1) is 18.1. The zero-order chi connectivity index (χ0) is 18.5. The van der Waals surface area contributed by atoms with Gasteiger partial charge in [0.05, 0.1) is 17.8 Å². The SMILES string of the molecule is COc1ccc(NC(=O)C(C#N)=Cc2csc(-c3ccsc3)n2)cc1Cl. The lowest BCUT2D eigenvalue weighted by atomic mass is 10.2. The fourth-order valence-electron chi connectivity index (χ4n) is 2.11. The van der Waals surface area contributed by atoms with E-state index in [1.54, 1.807) is 29.5 Å². The number of aromatic nitrogens is 1. The Labute approximate surface area is 163 Å². The zero-order valence-electron chi connectivity index (χ0n) is 13.5. The van der Waals surface area contributed by atoms with E-state index in [4.69, 9.17) is 16.3 Å². The first-order valence-corrected chi connectivity index (χ1v) is 9.55. The summed E-state index contributed by atoms with van der Waals surface area (Å²) in [4.78, 5) is 16.8. The van der Waals surface area contributed by atoms with Gasteiger partial charge in [0.1, 0.15) is 22.4 Å². The average Bonchev–Trinajstić information content (AvgIpc) is 3.31. The van der Waals surface area contributed by atoms with E-state index in [1.165, 1.54) is 24.5 Å². The molecule has 5 nitrogen and oxygen atoms in total. The summed E-state index contributed by atoms with van der Waals surface area (Å²) in [5, 5.41) is 19.0. The number of rotatable bonds is 5. The van der Waals surface area contributed by atoms with Crippen LogP contribution < -0.4 is 10.1 Å². The minimum atomic E-state index is -0.529. The molecule has 8 heteroatoms. The lowest BCUT2D eigenvalue weighted by Gasteiger charge is -2.07. The maximum Gasteiger partial charge on any atom is 0.266 e. The number of hydrogen-bond acceptors (Lipinski definition) is 6. The molecule has 0 aliphatic carbocycles. The van der Waals surface area contributed by atoms with Gasteiger partial charge >= 0.3 is 0 Å². The van der Waals surface area contributed by atoms with E-state index in [-0.39, 0.29) is 5.57 Å². The molecule has 0 fully saturated rings. The van der Waals surface area contributed by atoms with Crippen molar-refractivity contribution in [3.63, 3.8) is 0 Å². The van der Waals surface area contributed by atoms with Gasteiger partial charge < -0.3 is 10.1 Å². The second-order valence-corrected chi connectivity index (χ2v) is 7.11. The quantitative estimate of drug-likeness (QED) is 0.477. The average molecular weight is 402 g/mol. The van der Waals surface area contributed by atoms with E-state index >= 15 is 0 Å². The second kappa shape index (κ2) is 8.15. The van der Waals surface area contributed by atoms with Gasteiger partial charge in [0.2, 0.25) is 0 Å². The Balaban J connectivity index is 1.78. The lowest BCUT2D eigenvalue weighted by Crippen LogP contribution is -2.13. The van der Waals surface area contributed by atoms with Crippen LogP contribution in [0, 0.1) is 11.3 Å². The van der Waals surface area contributed by atoms with Crippen molar-refractivity contribution < 1.29 is 9.53 Å². The van der Waals surface area contributed by atoms with Gasteiger partial charge in [-0.15, -0.1) is 11.3 Å². The molecule has 0 aliphatic rings. The molecular weight excluding hydrogens is 390 g/mol. The van der Waals surface area contributed by atoms with E-state index in [1.807, 2.05) is 28.3 Å². The van der Waals surface area contributed by atoms with Crippen molar-refractivity contribution >= 4 is 51.9 Å². The summed E-state index contributed by atoms with van der Waals surface area (Å²) >= 11 is 9.09. The molecule has 1 amide bonds. The molecule has 3 rings (SSSR count). The standard InChI is InChI=1S/C18H12ClN3O2S2/c1-24-16-3-2-13(7-15(16)19)21-17(23)12(8-20)6-14-10-26-18(22-14)11-4-5-25-9-11/h2-7,9-10H,1H3,(H,21,23). The molecule has 0 atom stereocenters. The molecule has 1 N–H and O–H groups in total. The summed E-state index contributed by atoms with van der Waals surface area (Å²) in [5.41, 5.74) is 2.02. The summed E-state index contributed by atoms with van der Waals surface area (Å²) in [6.07, 6.45) is 1.47. The Morgan fingerprint density at radius 2 is 2.23 bits per heavy atom. The van der Waals surface area contributed by atoms with Crippen LogP contribution in [0.5, 0.6) is 5.75 Å². The maximum atomic E-state index is 12.4. The molecular formula is C18H12ClN3O2S2. The van der Waals surface area contributed by atoms with E-state index in [0.29, 0.717) is 22.2 Å². The second-order valence-electron chi connectivity index (χ2n) is 5.06. The number of halogens is 1. The number of thiazole rings is 1. The van der Waals surface area contributed by atoms with Crippen molar-refractivity contribution in [2.45, 2.75) is 0 Å². The van der Waals surface area contributed by atoms with Crippen molar-refractivity contribution in [3.8, 4) is 22.4 Å². The summed E-state index contributed by atoms with van der Waals surface area (Å²) in [6, 6.07) is 8.73.